The van der Waals surface area contributed by atoms with Crippen LogP contribution in [0.25, 0.3) is 0 Å². The van der Waals surface area contributed by atoms with Gasteiger partial charge in [-0.3, -0.25) is 4.79 Å². The third-order valence-corrected chi connectivity index (χ3v) is 3.74. The molecule has 6 heteroatoms. The Morgan fingerprint density at radius 1 is 1.29 bits per heavy atom. The zero-order chi connectivity index (χ0) is 16.2. The van der Waals surface area contributed by atoms with Crippen molar-refractivity contribution in [3.8, 4) is 0 Å². The van der Waals surface area contributed by atoms with E-state index in [0.717, 1.165) is 5.56 Å². The number of carboxylic acid groups (broad SMARTS) is 1. The topological polar surface area (TPSA) is 60.9 Å². The summed E-state index contributed by atoms with van der Waals surface area (Å²) >= 11 is 5.96. The first-order chi connectivity index (χ1) is 9.73. The number of halogens is 1. The monoisotopic (exact) mass is 312 g/mol. The minimum absolute atomic E-state index is 0.154. The fourth-order valence-corrected chi connectivity index (χ4v) is 2.19. The molecule has 5 nitrogen and oxygen atoms in total. The van der Waals surface area contributed by atoms with Crippen molar-refractivity contribution >= 4 is 23.6 Å². The highest BCUT2D eigenvalue weighted by Crippen LogP contribution is 2.22. The number of carbonyl (C=O) groups is 2. The van der Waals surface area contributed by atoms with Crippen LogP contribution in [0.5, 0.6) is 0 Å². The Morgan fingerprint density at radius 2 is 1.90 bits per heavy atom. The van der Waals surface area contributed by atoms with E-state index in [9.17, 15) is 9.59 Å². The maximum Gasteiger partial charge on any atom is 0.320 e. The average Bonchev–Trinajstić information content (AvgIpc) is 2.44. The van der Waals surface area contributed by atoms with E-state index in [2.05, 4.69) is 0 Å². The Hall–Kier alpha value is -1.75. The van der Waals surface area contributed by atoms with E-state index in [0.29, 0.717) is 5.02 Å². The summed E-state index contributed by atoms with van der Waals surface area (Å²) in [5, 5.41) is 9.52. The van der Waals surface area contributed by atoms with Gasteiger partial charge in [0.15, 0.2) is 0 Å². The van der Waals surface area contributed by atoms with Crippen molar-refractivity contribution in [2.45, 2.75) is 19.9 Å². The predicted molar refractivity (Wildman–Crippen MR) is 82.5 cm³/mol. The maximum absolute atomic E-state index is 12.3. The molecule has 0 aliphatic heterocycles. The lowest BCUT2D eigenvalue weighted by Crippen LogP contribution is -2.42. The average molecular weight is 313 g/mol. The molecule has 0 saturated heterocycles. The van der Waals surface area contributed by atoms with Gasteiger partial charge in [0.1, 0.15) is 0 Å². The minimum atomic E-state index is -0.916. The van der Waals surface area contributed by atoms with Crippen molar-refractivity contribution in [1.29, 1.82) is 0 Å². The molecule has 2 unspecified atom stereocenters. The van der Waals surface area contributed by atoms with Crippen molar-refractivity contribution in [1.82, 2.24) is 9.80 Å². The van der Waals surface area contributed by atoms with Crippen LogP contribution in [-0.4, -0.2) is 47.5 Å². The predicted octanol–water partition coefficient (Wildman–Crippen LogP) is 3.11. The quantitative estimate of drug-likeness (QED) is 0.908. The number of rotatable bonds is 5. The minimum Gasteiger partial charge on any atom is -0.481 e. The van der Waals surface area contributed by atoms with Crippen molar-refractivity contribution < 1.29 is 14.7 Å². The molecule has 1 N–H and O–H groups in total. The second-order valence-electron chi connectivity index (χ2n) is 5.24. The fraction of sp³-hybridized carbons (Fsp3) is 0.467. The molecule has 0 bridgehead atoms. The molecular formula is C15H21ClN2O3. The highest BCUT2D eigenvalue weighted by molar-refractivity contribution is 6.30. The van der Waals surface area contributed by atoms with Gasteiger partial charge in [-0.05, 0) is 24.6 Å². The van der Waals surface area contributed by atoms with Gasteiger partial charge in [0.05, 0.1) is 12.0 Å². The van der Waals surface area contributed by atoms with Crippen molar-refractivity contribution in [2.75, 3.05) is 20.6 Å². The summed E-state index contributed by atoms with van der Waals surface area (Å²) in [5.74, 6) is -1.52. The van der Waals surface area contributed by atoms with Crippen LogP contribution in [0.2, 0.25) is 5.02 Å². The van der Waals surface area contributed by atoms with Gasteiger partial charge in [-0.15, -0.1) is 0 Å². The zero-order valence-corrected chi connectivity index (χ0v) is 13.5. The number of aliphatic carboxylic acids is 1. The molecule has 1 rings (SSSR count). The van der Waals surface area contributed by atoms with Crippen molar-refractivity contribution in [2.24, 2.45) is 5.92 Å². The van der Waals surface area contributed by atoms with Crippen LogP contribution >= 0.6 is 11.6 Å². The summed E-state index contributed by atoms with van der Waals surface area (Å²) in [4.78, 5) is 26.2. The van der Waals surface area contributed by atoms with E-state index < -0.39 is 11.9 Å². The highest BCUT2D eigenvalue weighted by atomic mass is 35.5. The fourth-order valence-electron chi connectivity index (χ4n) is 1.99. The van der Waals surface area contributed by atoms with Crippen LogP contribution in [0, 0.1) is 5.92 Å². The molecule has 21 heavy (non-hydrogen) atoms. The summed E-state index contributed by atoms with van der Waals surface area (Å²) < 4.78 is 0. The Kier molecular flexibility index (Phi) is 6.03. The maximum atomic E-state index is 12.3. The molecule has 0 radical (unpaired) electrons. The lowest BCUT2D eigenvalue weighted by Gasteiger charge is -2.30. The summed E-state index contributed by atoms with van der Waals surface area (Å²) in [6.45, 7) is 3.64. The van der Waals surface area contributed by atoms with Crippen LogP contribution in [0.3, 0.4) is 0 Å². The Balaban J connectivity index is 2.75. The lowest BCUT2D eigenvalue weighted by molar-refractivity contribution is -0.141. The third kappa shape index (κ3) is 4.63. The number of hydrogen-bond donors (Lipinski definition) is 1. The van der Waals surface area contributed by atoms with E-state index >= 15 is 0 Å². The van der Waals surface area contributed by atoms with Crippen molar-refractivity contribution in [3.63, 3.8) is 0 Å². The smallest absolute Gasteiger partial charge is 0.320 e. The second-order valence-corrected chi connectivity index (χ2v) is 5.68. The van der Waals surface area contributed by atoms with Crippen LogP contribution < -0.4 is 0 Å². The molecule has 0 heterocycles. The molecule has 2 atom stereocenters. The normalized spacial score (nSPS) is 13.4. The first-order valence-electron chi connectivity index (χ1n) is 6.70. The van der Waals surface area contributed by atoms with Gasteiger partial charge in [0.25, 0.3) is 0 Å². The third-order valence-electron chi connectivity index (χ3n) is 3.51. The van der Waals surface area contributed by atoms with E-state index in [1.807, 2.05) is 25.1 Å². The summed E-state index contributed by atoms with van der Waals surface area (Å²) in [5.41, 5.74) is 0.929. The van der Waals surface area contributed by atoms with E-state index in [4.69, 9.17) is 16.7 Å². The second kappa shape index (κ2) is 7.31. The molecule has 2 amide bonds. The molecule has 1 aromatic carbocycles. The lowest BCUT2D eigenvalue weighted by atomic mass is 10.1. The highest BCUT2D eigenvalue weighted by Gasteiger charge is 2.23. The van der Waals surface area contributed by atoms with Gasteiger partial charge in [-0.1, -0.05) is 30.7 Å². The number of hydrogen-bond acceptors (Lipinski definition) is 2. The van der Waals surface area contributed by atoms with Crippen molar-refractivity contribution in [3.05, 3.63) is 34.9 Å². The van der Waals surface area contributed by atoms with E-state index in [-0.39, 0.29) is 18.6 Å². The SMILES string of the molecule is CC(CN(C)C(=O)N(C)C(C)c1cccc(Cl)c1)C(=O)O. The molecule has 0 aliphatic rings. The van der Waals surface area contributed by atoms with Gasteiger partial charge in [0, 0.05) is 25.7 Å². The molecule has 0 saturated carbocycles. The van der Waals surface area contributed by atoms with Crippen LogP contribution in [0.1, 0.15) is 25.5 Å². The first kappa shape index (κ1) is 17.3. The van der Waals surface area contributed by atoms with Crippen LogP contribution in [0.4, 0.5) is 4.79 Å². The molecule has 0 fully saturated rings. The molecule has 0 aromatic heterocycles. The number of nitrogens with zero attached hydrogens (tertiary/aromatic N) is 2. The molecule has 0 spiro atoms. The van der Waals surface area contributed by atoms with E-state index in [1.54, 1.807) is 32.0 Å². The Bertz CT molecular complexity index is 521. The number of carbonyl (C=O) groups excluding carboxylic acids is 1. The van der Waals surface area contributed by atoms with Gasteiger partial charge in [0.2, 0.25) is 0 Å². The zero-order valence-electron chi connectivity index (χ0n) is 12.7. The van der Waals surface area contributed by atoms with Gasteiger partial charge in [-0.25, -0.2) is 4.79 Å². The van der Waals surface area contributed by atoms with Crippen LogP contribution in [-0.2, 0) is 4.79 Å². The van der Waals surface area contributed by atoms with Gasteiger partial charge in [-0.2, -0.15) is 0 Å². The number of benzene rings is 1. The standard InChI is InChI=1S/C15H21ClN2O3/c1-10(14(19)20)9-17(3)15(21)18(4)11(2)12-6-5-7-13(16)8-12/h5-8,10-11H,9H2,1-4H3,(H,19,20). The van der Waals surface area contributed by atoms with Gasteiger partial charge < -0.3 is 14.9 Å². The molecular weight excluding hydrogens is 292 g/mol. The van der Waals surface area contributed by atoms with Gasteiger partial charge >= 0.3 is 12.0 Å². The Morgan fingerprint density at radius 3 is 2.43 bits per heavy atom. The number of carboxylic acids is 1. The number of amides is 2. The largest absolute Gasteiger partial charge is 0.481 e. The van der Waals surface area contributed by atoms with Crippen LogP contribution in [0.15, 0.2) is 24.3 Å². The number of urea groups is 1. The summed E-state index contributed by atoms with van der Waals surface area (Å²) in [7, 11) is 3.29. The summed E-state index contributed by atoms with van der Waals surface area (Å²) in [6, 6.07) is 6.95. The molecule has 116 valence electrons. The summed E-state index contributed by atoms with van der Waals surface area (Å²) in [6.07, 6.45) is 0. The molecule has 1 aromatic rings. The first-order valence-corrected chi connectivity index (χ1v) is 7.08. The van der Waals surface area contributed by atoms with E-state index in [1.165, 1.54) is 4.90 Å². The molecule has 0 aliphatic carbocycles. The Labute approximate surface area is 130 Å².